The van der Waals surface area contributed by atoms with Crippen LogP contribution in [0.3, 0.4) is 0 Å². The molecule has 1 N–H and O–H groups in total. The van der Waals surface area contributed by atoms with E-state index >= 15 is 0 Å². The van der Waals surface area contributed by atoms with Crippen molar-refractivity contribution in [2.75, 3.05) is 19.7 Å². The van der Waals surface area contributed by atoms with Crippen molar-refractivity contribution in [1.29, 1.82) is 0 Å². The number of amides is 2. The van der Waals surface area contributed by atoms with E-state index in [-0.39, 0.29) is 30.0 Å². The van der Waals surface area contributed by atoms with Gasteiger partial charge in [-0.15, -0.1) is 0 Å². The van der Waals surface area contributed by atoms with Gasteiger partial charge in [-0.05, 0) is 72.7 Å². The summed E-state index contributed by atoms with van der Waals surface area (Å²) in [5.74, 6) is -0.196. The van der Waals surface area contributed by atoms with Crippen LogP contribution in [0.5, 0.6) is 0 Å². The molecule has 0 spiro atoms. The first-order valence-electron chi connectivity index (χ1n) is 11.1. The van der Waals surface area contributed by atoms with E-state index in [0.29, 0.717) is 43.3 Å². The molecule has 2 fully saturated rings. The number of hydrogen-bond donors (Lipinski definition) is 1. The van der Waals surface area contributed by atoms with Gasteiger partial charge in [0.1, 0.15) is 4.60 Å². The second kappa shape index (κ2) is 10.4. The Morgan fingerprint density at radius 1 is 1.22 bits per heavy atom. The van der Waals surface area contributed by atoms with Crippen molar-refractivity contribution in [2.45, 2.75) is 51.3 Å². The zero-order valence-electron chi connectivity index (χ0n) is 18.1. The number of nitrogens with zero attached hydrogens (tertiary/aromatic N) is 3. The maximum absolute atomic E-state index is 13.0. The lowest BCUT2D eigenvalue weighted by molar-refractivity contribution is -0.127. The number of likely N-dealkylation sites (tertiary alicyclic amines) is 1. The van der Waals surface area contributed by atoms with E-state index in [1.54, 1.807) is 15.6 Å². The number of nitrogens with one attached hydrogen (secondary N) is 1. The zero-order valence-corrected chi connectivity index (χ0v) is 20.4. The molecule has 2 saturated heterocycles. The summed E-state index contributed by atoms with van der Waals surface area (Å²) in [6, 6.07) is 9.15. The molecule has 2 amide bonds. The van der Waals surface area contributed by atoms with Crippen molar-refractivity contribution in [2.24, 2.45) is 5.92 Å². The standard InChI is InChI=1S/C23H28BrClN4O3/c1-15(17-5-4-6-18(25)13-17)26-22(30)16-8-10-28(11-9-16)23(31)19-14-20(24)29(27-19)21-7-2-3-12-32-21/h4-6,13-16,21H,2-3,7-12H2,1H3,(H,26,30). The lowest BCUT2D eigenvalue weighted by Crippen LogP contribution is -2.43. The number of ether oxygens (including phenoxy) is 1. The summed E-state index contributed by atoms with van der Waals surface area (Å²) in [7, 11) is 0. The van der Waals surface area contributed by atoms with Gasteiger partial charge in [0.2, 0.25) is 5.91 Å². The summed E-state index contributed by atoms with van der Waals surface area (Å²) >= 11 is 9.57. The fraction of sp³-hybridized carbons (Fsp3) is 0.522. The van der Waals surface area contributed by atoms with Crippen LogP contribution >= 0.6 is 27.5 Å². The molecular weight excluding hydrogens is 496 g/mol. The summed E-state index contributed by atoms with van der Waals surface area (Å²) < 4.78 is 8.29. The summed E-state index contributed by atoms with van der Waals surface area (Å²) in [4.78, 5) is 27.5. The minimum atomic E-state index is -0.129. The molecule has 1 aromatic carbocycles. The first-order valence-corrected chi connectivity index (χ1v) is 12.3. The Kier molecular flexibility index (Phi) is 7.53. The van der Waals surface area contributed by atoms with Crippen molar-refractivity contribution < 1.29 is 14.3 Å². The number of piperidine rings is 1. The molecule has 32 heavy (non-hydrogen) atoms. The van der Waals surface area contributed by atoms with Crippen molar-refractivity contribution in [3.05, 3.63) is 51.2 Å². The number of halogens is 2. The summed E-state index contributed by atoms with van der Waals surface area (Å²) in [6.07, 6.45) is 4.17. The topological polar surface area (TPSA) is 76.5 Å². The van der Waals surface area contributed by atoms with Crippen LogP contribution in [0.4, 0.5) is 0 Å². The van der Waals surface area contributed by atoms with Crippen LogP contribution < -0.4 is 5.32 Å². The normalized spacial score (nSPS) is 20.7. The first kappa shape index (κ1) is 23.3. The maximum atomic E-state index is 13.0. The minimum Gasteiger partial charge on any atom is -0.356 e. The Labute approximate surface area is 201 Å². The predicted molar refractivity (Wildman–Crippen MR) is 125 cm³/mol. The molecule has 172 valence electrons. The van der Waals surface area contributed by atoms with Crippen molar-refractivity contribution in [3.8, 4) is 0 Å². The molecule has 2 aliphatic rings. The molecule has 7 nitrogen and oxygen atoms in total. The number of benzene rings is 1. The van der Waals surface area contributed by atoms with Crippen LogP contribution in [-0.2, 0) is 9.53 Å². The molecule has 9 heteroatoms. The first-order chi connectivity index (χ1) is 15.4. The third kappa shape index (κ3) is 5.35. The Morgan fingerprint density at radius 2 is 2.00 bits per heavy atom. The number of rotatable bonds is 5. The fourth-order valence-corrected chi connectivity index (χ4v) is 5.02. The van der Waals surface area contributed by atoms with Crippen molar-refractivity contribution >= 4 is 39.3 Å². The third-order valence-electron chi connectivity index (χ3n) is 6.20. The third-order valence-corrected chi connectivity index (χ3v) is 7.03. The molecule has 0 radical (unpaired) electrons. The average molecular weight is 524 g/mol. The van der Waals surface area contributed by atoms with Gasteiger partial charge in [0.15, 0.2) is 11.9 Å². The van der Waals surface area contributed by atoms with Crippen LogP contribution in [0.1, 0.15) is 67.3 Å². The van der Waals surface area contributed by atoms with E-state index in [9.17, 15) is 9.59 Å². The van der Waals surface area contributed by atoms with Crippen LogP contribution in [0.25, 0.3) is 0 Å². The zero-order chi connectivity index (χ0) is 22.7. The van der Waals surface area contributed by atoms with Gasteiger partial charge >= 0.3 is 0 Å². The molecule has 2 aromatic rings. The molecule has 0 saturated carbocycles. The molecule has 2 atom stereocenters. The summed E-state index contributed by atoms with van der Waals surface area (Å²) in [5, 5.41) is 8.24. The maximum Gasteiger partial charge on any atom is 0.274 e. The highest BCUT2D eigenvalue weighted by Gasteiger charge is 2.30. The fourth-order valence-electron chi connectivity index (χ4n) is 4.29. The molecular formula is C23H28BrClN4O3. The van der Waals surface area contributed by atoms with Gasteiger partial charge in [-0.25, -0.2) is 4.68 Å². The van der Waals surface area contributed by atoms with E-state index in [1.807, 2.05) is 31.2 Å². The van der Waals surface area contributed by atoms with Crippen molar-refractivity contribution in [1.82, 2.24) is 20.0 Å². The van der Waals surface area contributed by atoms with E-state index in [4.69, 9.17) is 16.3 Å². The van der Waals surface area contributed by atoms with Gasteiger partial charge in [-0.2, -0.15) is 5.10 Å². The van der Waals surface area contributed by atoms with Crippen LogP contribution in [0, 0.1) is 5.92 Å². The van der Waals surface area contributed by atoms with Gasteiger partial charge < -0.3 is 15.0 Å². The Bertz CT molecular complexity index is 968. The lowest BCUT2D eigenvalue weighted by atomic mass is 9.95. The molecule has 2 unspecified atom stereocenters. The predicted octanol–water partition coefficient (Wildman–Crippen LogP) is 4.73. The molecule has 0 bridgehead atoms. The van der Waals surface area contributed by atoms with Gasteiger partial charge in [0, 0.05) is 36.7 Å². The smallest absolute Gasteiger partial charge is 0.274 e. The monoisotopic (exact) mass is 522 g/mol. The largest absolute Gasteiger partial charge is 0.356 e. The minimum absolute atomic E-state index is 0.0195. The second-order valence-electron chi connectivity index (χ2n) is 8.47. The highest BCUT2D eigenvalue weighted by molar-refractivity contribution is 9.10. The Balaban J connectivity index is 1.31. The number of aromatic nitrogens is 2. The molecule has 4 rings (SSSR count). The number of hydrogen-bond acceptors (Lipinski definition) is 4. The van der Waals surface area contributed by atoms with Crippen molar-refractivity contribution in [3.63, 3.8) is 0 Å². The average Bonchev–Trinajstić information content (AvgIpc) is 3.20. The SMILES string of the molecule is CC(NC(=O)C1CCN(C(=O)c2cc(Br)n(C3CCCCO3)n2)CC1)c1cccc(Cl)c1. The van der Waals surface area contributed by atoms with Crippen LogP contribution in [-0.4, -0.2) is 46.2 Å². The van der Waals surface area contributed by atoms with Gasteiger partial charge in [0.25, 0.3) is 5.91 Å². The highest BCUT2D eigenvalue weighted by Crippen LogP contribution is 2.27. The van der Waals surface area contributed by atoms with E-state index in [2.05, 4.69) is 26.3 Å². The highest BCUT2D eigenvalue weighted by atomic mass is 79.9. The Morgan fingerprint density at radius 3 is 2.69 bits per heavy atom. The summed E-state index contributed by atoms with van der Waals surface area (Å²) in [6.45, 7) is 3.73. The lowest BCUT2D eigenvalue weighted by Gasteiger charge is -2.31. The molecule has 2 aliphatic heterocycles. The van der Waals surface area contributed by atoms with E-state index in [1.165, 1.54) is 0 Å². The molecule has 3 heterocycles. The van der Waals surface area contributed by atoms with Gasteiger partial charge in [0.05, 0.1) is 6.04 Å². The van der Waals surface area contributed by atoms with Gasteiger partial charge in [-0.1, -0.05) is 23.7 Å². The summed E-state index contributed by atoms with van der Waals surface area (Å²) in [5.41, 5.74) is 1.38. The van der Waals surface area contributed by atoms with Gasteiger partial charge in [-0.3, -0.25) is 9.59 Å². The second-order valence-corrected chi connectivity index (χ2v) is 9.72. The van der Waals surface area contributed by atoms with E-state index in [0.717, 1.165) is 29.4 Å². The Hall–Kier alpha value is -1.90. The van der Waals surface area contributed by atoms with Crippen LogP contribution in [0.15, 0.2) is 34.9 Å². The number of carbonyl (C=O) groups is 2. The molecule has 1 aromatic heterocycles. The van der Waals surface area contributed by atoms with E-state index < -0.39 is 0 Å². The quantitative estimate of drug-likeness (QED) is 0.615. The number of carbonyl (C=O) groups excluding carboxylic acids is 2. The van der Waals surface area contributed by atoms with Crippen LogP contribution in [0.2, 0.25) is 5.02 Å². The molecule has 0 aliphatic carbocycles.